The summed E-state index contributed by atoms with van der Waals surface area (Å²) in [5.74, 6) is -1.22. The van der Waals surface area contributed by atoms with E-state index in [2.05, 4.69) is 15.3 Å². The van der Waals surface area contributed by atoms with E-state index in [1.807, 2.05) is 0 Å². The molecule has 0 unspecified atom stereocenters. The van der Waals surface area contributed by atoms with Gasteiger partial charge in [-0.2, -0.15) is 13.2 Å². The van der Waals surface area contributed by atoms with Gasteiger partial charge in [0.15, 0.2) is 5.60 Å². The minimum Gasteiger partial charge on any atom is -0.478 e. The largest absolute Gasteiger partial charge is 0.478 e. The third kappa shape index (κ3) is 5.48. The fourth-order valence-electron chi connectivity index (χ4n) is 2.34. The minimum absolute atomic E-state index is 0.0799. The molecule has 0 saturated carbocycles. The maximum absolute atomic E-state index is 12.6. The monoisotopic (exact) mass is 399 g/mol. The van der Waals surface area contributed by atoms with Gasteiger partial charge in [0.1, 0.15) is 11.8 Å². The molecule has 0 aliphatic heterocycles. The number of hydrogen-bond acceptors (Lipinski definition) is 5. The van der Waals surface area contributed by atoms with E-state index in [-0.39, 0.29) is 12.2 Å². The summed E-state index contributed by atoms with van der Waals surface area (Å²) in [6, 6.07) is 2.98. The molecule has 0 aliphatic rings. The van der Waals surface area contributed by atoms with E-state index in [0.29, 0.717) is 5.69 Å². The van der Waals surface area contributed by atoms with Gasteiger partial charge >= 0.3 is 12.1 Å². The minimum atomic E-state index is -4.47. The zero-order valence-electron chi connectivity index (χ0n) is 15.5. The van der Waals surface area contributed by atoms with Gasteiger partial charge in [-0.25, -0.2) is 9.78 Å². The highest BCUT2D eigenvalue weighted by atomic mass is 19.4. The number of H-pyrrole nitrogens is 1. The summed E-state index contributed by atoms with van der Waals surface area (Å²) in [5.41, 5.74) is -1.68. The molecule has 2 aromatic rings. The molecule has 0 fully saturated rings. The average Bonchev–Trinajstić information content (AvgIpc) is 3.12. The number of aromatic nitrogens is 2. The van der Waals surface area contributed by atoms with Crippen molar-refractivity contribution < 1.29 is 32.2 Å². The third-order valence-corrected chi connectivity index (χ3v) is 3.87. The highest BCUT2D eigenvalue weighted by Gasteiger charge is 2.35. The zero-order valence-corrected chi connectivity index (χ0v) is 15.5. The van der Waals surface area contributed by atoms with Crippen LogP contribution in [0.3, 0.4) is 0 Å². The van der Waals surface area contributed by atoms with Gasteiger partial charge in [-0.3, -0.25) is 4.79 Å². The lowest BCUT2D eigenvalue weighted by Gasteiger charge is -2.27. The Balaban J connectivity index is 2.08. The van der Waals surface area contributed by atoms with E-state index in [9.17, 15) is 22.8 Å². The molecule has 0 radical (unpaired) electrons. The quantitative estimate of drug-likeness (QED) is 0.698. The van der Waals surface area contributed by atoms with Crippen molar-refractivity contribution in [2.45, 2.75) is 38.1 Å². The number of nitrogens with one attached hydrogen (secondary N) is 2. The van der Waals surface area contributed by atoms with Crippen molar-refractivity contribution in [3.8, 4) is 5.75 Å². The Morgan fingerprint density at radius 1 is 1.21 bits per heavy atom. The Morgan fingerprint density at radius 3 is 2.36 bits per heavy atom. The summed E-state index contributed by atoms with van der Waals surface area (Å²) in [5, 5.41) is 2.54. The lowest BCUT2D eigenvalue weighted by molar-refractivity contribution is -0.147. The lowest BCUT2D eigenvalue weighted by Crippen LogP contribution is -2.53. The number of esters is 1. The molecule has 0 aliphatic carbocycles. The Labute approximate surface area is 159 Å². The number of nitrogens with zero attached hydrogens (tertiary/aromatic N) is 1. The lowest BCUT2D eigenvalue weighted by atomic mass is 10.1. The summed E-state index contributed by atoms with van der Waals surface area (Å²) in [4.78, 5) is 31.2. The number of benzene rings is 1. The summed E-state index contributed by atoms with van der Waals surface area (Å²) in [6.07, 6.45) is -1.41. The van der Waals surface area contributed by atoms with Crippen LogP contribution in [0.5, 0.6) is 5.75 Å². The summed E-state index contributed by atoms with van der Waals surface area (Å²) < 4.78 is 48.1. The van der Waals surface area contributed by atoms with Crippen LogP contribution in [0.1, 0.15) is 25.1 Å². The Hall–Kier alpha value is -3.04. The van der Waals surface area contributed by atoms with E-state index in [4.69, 9.17) is 9.47 Å². The first-order chi connectivity index (χ1) is 13.0. The molecule has 1 aromatic heterocycles. The molecule has 10 heteroatoms. The molecule has 152 valence electrons. The number of carbonyl (C=O) groups is 2. The number of alkyl halides is 3. The fraction of sp³-hybridized carbons (Fsp3) is 0.389. The second kappa shape index (κ2) is 8.32. The van der Waals surface area contributed by atoms with Crippen LogP contribution in [0.25, 0.3) is 0 Å². The molecule has 0 spiro atoms. The normalized spacial score (nSPS) is 12.9. The second-order valence-corrected chi connectivity index (χ2v) is 6.46. The summed E-state index contributed by atoms with van der Waals surface area (Å²) in [6.45, 7) is 2.87. The van der Waals surface area contributed by atoms with Crippen LogP contribution in [0.15, 0.2) is 36.8 Å². The molecular formula is C18H20F3N3O4. The van der Waals surface area contributed by atoms with Crippen molar-refractivity contribution in [2.24, 2.45) is 0 Å². The van der Waals surface area contributed by atoms with Crippen LogP contribution < -0.4 is 10.1 Å². The molecule has 1 amide bonds. The number of imidazole rings is 1. The molecule has 2 rings (SSSR count). The Kier molecular flexibility index (Phi) is 6.32. The van der Waals surface area contributed by atoms with Gasteiger partial charge in [0, 0.05) is 18.3 Å². The van der Waals surface area contributed by atoms with Crippen molar-refractivity contribution in [2.75, 3.05) is 7.11 Å². The van der Waals surface area contributed by atoms with E-state index >= 15 is 0 Å². The SMILES string of the molecule is COC(=O)[C@H](Cc1cnc[nH]1)NC(=O)C(C)(C)Oc1ccc(C(F)(F)F)cc1. The molecule has 28 heavy (non-hydrogen) atoms. The molecule has 7 nitrogen and oxygen atoms in total. The van der Waals surface area contributed by atoms with E-state index in [0.717, 1.165) is 24.3 Å². The van der Waals surface area contributed by atoms with Crippen molar-refractivity contribution >= 4 is 11.9 Å². The van der Waals surface area contributed by atoms with Crippen LogP contribution in [-0.2, 0) is 26.9 Å². The molecule has 1 heterocycles. The molecular weight excluding hydrogens is 379 g/mol. The molecule has 0 bridgehead atoms. The number of methoxy groups -OCH3 is 1. The van der Waals surface area contributed by atoms with Gasteiger partial charge in [0.05, 0.1) is 19.0 Å². The van der Waals surface area contributed by atoms with Crippen LogP contribution in [0, 0.1) is 0 Å². The number of aromatic amines is 1. The molecule has 0 saturated heterocycles. The second-order valence-electron chi connectivity index (χ2n) is 6.46. The average molecular weight is 399 g/mol. The number of ether oxygens (including phenoxy) is 2. The number of amides is 1. The molecule has 2 N–H and O–H groups in total. The number of rotatable bonds is 7. The van der Waals surface area contributed by atoms with Crippen molar-refractivity contribution in [1.82, 2.24) is 15.3 Å². The maximum atomic E-state index is 12.6. The van der Waals surface area contributed by atoms with Crippen molar-refractivity contribution in [1.29, 1.82) is 0 Å². The topological polar surface area (TPSA) is 93.3 Å². The van der Waals surface area contributed by atoms with E-state index in [1.165, 1.54) is 33.5 Å². The third-order valence-electron chi connectivity index (χ3n) is 3.87. The van der Waals surface area contributed by atoms with Gasteiger partial charge in [0.2, 0.25) is 0 Å². The molecule has 1 aromatic carbocycles. The highest BCUT2D eigenvalue weighted by Crippen LogP contribution is 2.31. The Morgan fingerprint density at radius 2 is 1.86 bits per heavy atom. The summed E-state index contributed by atoms with van der Waals surface area (Å²) in [7, 11) is 1.19. The van der Waals surface area contributed by atoms with Crippen LogP contribution in [0.2, 0.25) is 0 Å². The van der Waals surface area contributed by atoms with Gasteiger partial charge in [-0.15, -0.1) is 0 Å². The predicted molar refractivity (Wildman–Crippen MR) is 92.4 cm³/mol. The highest BCUT2D eigenvalue weighted by molar-refractivity contribution is 5.89. The van der Waals surface area contributed by atoms with Crippen LogP contribution >= 0.6 is 0 Å². The number of hydrogen-bond donors (Lipinski definition) is 2. The fourth-order valence-corrected chi connectivity index (χ4v) is 2.34. The first-order valence-corrected chi connectivity index (χ1v) is 8.25. The Bertz CT molecular complexity index is 802. The number of halogens is 3. The standard InChI is InChI=1S/C18H20F3N3O4/c1-17(2,28-13-6-4-11(5-7-13)18(19,20)21)16(26)24-14(15(25)27-3)8-12-9-22-10-23-12/h4-7,9-10,14H,8H2,1-3H3,(H,22,23)(H,24,26)/t14-/m0/s1. The van der Waals surface area contributed by atoms with Crippen LogP contribution in [-0.4, -0.2) is 40.6 Å². The first-order valence-electron chi connectivity index (χ1n) is 8.25. The van der Waals surface area contributed by atoms with Crippen molar-refractivity contribution in [3.63, 3.8) is 0 Å². The van der Waals surface area contributed by atoms with Gasteiger partial charge in [-0.05, 0) is 38.1 Å². The smallest absolute Gasteiger partial charge is 0.416 e. The van der Waals surface area contributed by atoms with Crippen LogP contribution in [0.4, 0.5) is 13.2 Å². The predicted octanol–water partition coefficient (Wildman–Crippen LogP) is 2.49. The number of carbonyl (C=O) groups excluding carboxylic acids is 2. The zero-order chi connectivity index (χ0) is 20.9. The maximum Gasteiger partial charge on any atom is 0.416 e. The first kappa shape index (κ1) is 21.3. The van der Waals surface area contributed by atoms with Gasteiger partial charge in [0.25, 0.3) is 5.91 Å². The van der Waals surface area contributed by atoms with Gasteiger partial charge in [-0.1, -0.05) is 0 Å². The summed E-state index contributed by atoms with van der Waals surface area (Å²) >= 11 is 0. The van der Waals surface area contributed by atoms with Crippen molar-refractivity contribution in [3.05, 3.63) is 48.0 Å². The molecule has 1 atom stereocenters. The van der Waals surface area contributed by atoms with E-state index in [1.54, 1.807) is 0 Å². The van der Waals surface area contributed by atoms with E-state index < -0.39 is 35.3 Å². The van der Waals surface area contributed by atoms with Gasteiger partial charge < -0.3 is 19.8 Å².